The fraction of sp³-hybridized carbons (Fsp3) is 0.250. The Balaban J connectivity index is 2.37. The number of esters is 1. The summed E-state index contributed by atoms with van der Waals surface area (Å²) in [5, 5.41) is 0.159. The van der Waals surface area contributed by atoms with Gasteiger partial charge in [0.25, 0.3) is 0 Å². The van der Waals surface area contributed by atoms with Gasteiger partial charge in [0.05, 0.1) is 6.61 Å². The van der Waals surface area contributed by atoms with Crippen molar-refractivity contribution < 1.29 is 9.53 Å². The molecule has 0 amide bonds. The van der Waals surface area contributed by atoms with E-state index in [9.17, 15) is 4.79 Å². The first-order chi connectivity index (χ1) is 8.61. The highest BCUT2D eigenvalue weighted by molar-refractivity contribution is 6.32. The molecule has 6 heteroatoms. The minimum atomic E-state index is -0.544. The SMILES string of the molecule is CCOC(=O)c1nc(-c2cc(C)ccn2)[nH]c1Cl. The average Bonchev–Trinajstić information content (AvgIpc) is 2.72. The van der Waals surface area contributed by atoms with Crippen molar-refractivity contribution in [2.45, 2.75) is 13.8 Å². The van der Waals surface area contributed by atoms with Crippen LogP contribution in [0.15, 0.2) is 18.3 Å². The highest BCUT2D eigenvalue weighted by Crippen LogP contribution is 2.20. The number of aryl methyl sites for hydroxylation is 1. The summed E-state index contributed by atoms with van der Waals surface area (Å²) in [6.45, 7) is 3.95. The van der Waals surface area contributed by atoms with Crippen LogP contribution < -0.4 is 0 Å². The minimum absolute atomic E-state index is 0.0804. The predicted molar refractivity (Wildman–Crippen MR) is 67.5 cm³/mol. The fourth-order valence-electron chi connectivity index (χ4n) is 1.47. The molecule has 2 aromatic rings. The zero-order chi connectivity index (χ0) is 13.1. The van der Waals surface area contributed by atoms with Crippen LogP contribution in [0.4, 0.5) is 0 Å². The van der Waals surface area contributed by atoms with Gasteiger partial charge >= 0.3 is 5.97 Å². The number of pyridine rings is 1. The molecule has 0 atom stereocenters. The van der Waals surface area contributed by atoms with Crippen LogP contribution in [0.3, 0.4) is 0 Å². The standard InChI is InChI=1S/C12H12ClN3O2/c1-3-18-12(17)9-10(13)16-11(15-9)8-6-7(2)4-5-14-8/h4-6H,3H2,1-2H3,(H,15,16). The highest BCUT2D eigenvalue weighted by Gasteiger charge is 2.18. The van der Waals surface area contributed by atoms with Gasteiger partial charge in [0.15, 0.2) is 11.5 Å². The number of imidazole rings is 1. The van der Waals surface area contributed by atoms with Crippen LogP contribution in [0.25, 0.3) is 11.5 Å². The summed E-state index contributed by atoms with van der Waals surface area (Å²) in [5.41, 5.74) is 1.76. The second-order valence-corrected chi connectivity index (χ2v) is 4.06. The molecule has 0 aromatic carbocycles. The topological polar surface area (TPSA) is 67.9 Å². The molecule has 0 spiro atoms. The Morgan fingerprint density at radius 1 is 1.56 bits per heavy atom. The summed E-state index contributed by atoms with van der Waals surface area (Å²) in [5.74, 6) is -0.0931. The Kier molecular flexibility index (Phi) is 3.62. The molecule has 0 bridgehead atoms. The molecule has 2 rings (SSSR count). The number of halogens is 1. The Hall–Kier alpha value is -1.88. The first-order valence-electron chi connectivity index (χ1n) is 5.47. The van der Waals surface area contributed by atoms with Crippen LogP contribution in [0.2, 0.25) is 5.15 Å². The van der Waals surface area contributed by atoms with Crippen molar-refractivity contribution >= 4 is 17.6 Å². The maximum atomic E-state index is 11.6. The Bertz CT molecular complexity index is 580. The van der Waals surface area contributed by atoms with Gasteiger partial charge in [-0.2, -0.15) is 0 Å². The fourth-order valence-corrected chi connectivity index (χ4v) is 1.68. The molecular formula is C12H12ClN3O2. The second kappa shape index (κ2) is 5.18. The van der Waals surface area contributed by atoms with Crippen molar-refractivity contribution in [2.24, 2.45) is 0 Å². The van der Waals surface area contributed by atoms with Gasteiger partial charge in [0.2, 0.25) is 0 Å². The molecule has 0 aliphatic carbocycles. The molecular weight excluding hydrogens is 254 g/mol. The van der Waals surface area contributed by atoms with Crippen molar-refractivity contribution in [3.8, 4) is 11.5 Å². The molecule has 0 saturated carbocycles. The van der Waals surface area contributed by atoms with Gasteiger partial charge in [-0.1, -0.05) is 11.6 Å². The maximum Gasteiger partial charge on any atom is 0.360 e. The average molecular weight is 266 g/mol. The van der Waals surface area contributed by atoms with Gasteiger partial charge in [-0.15, -0.1) is 0 Å². The first-order valence-corrected chi connectivity index (χ1v) is 5.85. The van der Waals surface area contributed by atoms with Crippen molar-refractivity contribution in [1.29, 1.82) is 0 Å². The van der Waals surface area contributed by atoms with Crippen LogP contribution in [0, 0.1) is 6.92 Å². The third-order valence-electron chi connectivity index (χ3n) is 2.29. The highest BCUT2D eigenvalue weighted by atomic mass is 35.5. The molecule has 0 saturated heterocycles. The minimum Gasteiger partial charge on any atom is -0.461 e. The quantitative estimate of drug-likeness (QED) is 0.866. The van der Waals surface area contributed by atoms with Gasteiger partial charge in [-0.05, 0) is 31.5 Å². The normalized spacial score (nSPS) is 10.4. The summed E-state index contributed by atoms with van der Waals surface area (Å²) < 4.78 is 4.86. The Morgan fingerprint density at radius 2 is 2.33 bits per heavy atom. The van der Waals surface area contributed by atoms with E-state index >= 15 is 0 Å². The lowest BCUT2D eigenvalue weighted by Crippen LogP contribution is -2.05. The monoisotopic (exact) mass is 265 g/mol. The van der Waals surface area contributed by atoms with Crippen LogP contribution in [0.5, 0.6) is 0 Å². The molecule has 1 N–H and O–H groups in total. The van der Waals surface area contributed by atoms with Crippen LogP contribution >= 0.6 is 11.6 Å². The zero-order valence-electron chi connectivity index (χ0n) is 10.0. The number of aromatic amines is 1. The van der Waals surface area contributed by atoms with Crippen LogP contribution in [-0.2, 0) is 4.74 Å². The van der Waals surface area contributed by atoms with Crippen molar-refractivity contribution in [3.05, 3.63) is 34.7 Å². The molecule has 94 valence electrons. The van der Waals surface area contributed by atoms with Gasteiger partial charge in [0, 0.05) is 6.20 Å². The van der Waals surface area contributed by atoms with Gasteiger partial charge in [0.1, 0.15) is 10.8 Å². The van der Waals surface area contributed by atoms with E-state index in [0.29, 0.717) is 11.5 Å². The van der Waals surface area contributed by atoms with Gasteiger partial charge < -0.3 is 9.72 Å². The lowest BCUT2D eigenvalue weighted by atomic mass is 10.2. The van der Waals surface area contributed by atoms with Gasteiger partial charge in [-0.25, -0.2) is 9.78 Å². The van der Waals surface area contributed by atoms with Crippen molar-refractivity contribution in [3.63, 3.8) is 0 Å². The third-order valence-corrected chi connectivity index (χ3v) is 2.56. The number of ether oxygens (including phenoxy) is 1. The van der Waals surface area contributed by atoms with E-state index in [4.69, 9.17) is 16.3 Å². The first kappa shape index (κ1) is 12.6. The summed E-state index contributed by atoms with van der Waals surface area (Å²) >= 11 is 5.92. The Labute approximate surface area is 109 Å². The second-order valence-electron chi connectivity index (χ2n) is 3.69. The maximum absolute atomic E-state index is 11.6. The molecule has 2 aromatic heterocycles. The smallest absolute Gasteiger partial charge is 0.360 e. The number of hydrogen-bond donors (Lipinski definition) is 1. The predicted octanol–water partition coefficient (Wildman–Crippen LogP) is 2.61. The summed E-state index contributed by atoms with van der Waals surface area (Å²) in [6, 6.07) is 3.73. The molecule has 0 unspecified atom stereocenters. The van der Waals surface area contributed by atoms with Crippen molar-refractivity contribution in [2.75, 3.05) is 6.61 Å². The van der Waals surface area contributed by atoms with E-state index in [1.807, 2.05) is 19.1 Å². The number of aromatic nitrogens is 3. The number of nitrogens with one attached hydrogen (secondary N) is 1. The zero-order valence-corrected chi connectivity index (χ0v) is 10.8. The van der Waals surface area contributed by atoms with E-state index in [1.165, 1.54) is 0 Å². The van der Waals surface area contributed by atoms with Crippen molar-refractivity contribution in [1.82, 2.24) is 15.0 Å². The van der Waals surface area contributed by atoms with E-state index in [2.05, 4.69) is 15.0 Å². The number of hydrogen-bond acceptors (Lipinski definition) is 4. The largest absolute Gasteiger partial charge is 0.461 e. The van der Waals surface area contributed by atoms with Crippen LogP contribution in [-0.4, -0.2) is 27.5 Å². The van der Waals surface area contributed by atoms with Gasteiger partial charge in [-0.3, -0.25) is 4.98 Å². The molecule has 5 nitrogen and oxygen atoms in total. The third kappa shape index (κ3) is 2.51. The summed E-state index contributed by atoms with van der Waals surface area (Å²) in [6.07, 6.45) is 1.67. The lowest BCUT2D eigenvalue weighted by molar-refractivity contribution is 0.0520. The molecule has 2 heterocycles. The van der Waals surface area contributed by atoms with E-state index in [1.54, 1.807) is 13.1 Å². The molecule has 18 heavy (non-hydrogen) atoms. The number of H-pyrrole nitrogens is 1. The lowest BCUT2D eigenvalue weighted by Gasteiger charge is -1.97. The summed E-state index contributed by atoms with van der Waals surface area (Å²) in [4.78, 5) is 22.7. The molecule has 0 aliphatic heterocycles. The van der Waals surface area contributed by atoms with E-state index < -0.39 is 5.97 Å². The number of carbonyl (C=O) groups excluding carboxylic acids is 1. The summed E-state index contributed by atoms with van der Waals surface area (Å²) in [7, 11) is 0. The number of carbonyl (C=O) groups is 1. The number of rotatable bonds is 3. The van der Waals surface area contributed by atoms with E-state index in [0.717, 1.165) is 5.56 Å². The Morgan fingerprint density at radius 3 is 3.00 bits per heavy atom. The number of nitrogens with zero attached hydrogens (tertiary/aromatic N) is 2. The molecule has 0 radical (unpaired) electrons. The van der Waals surface area contributed by atoms with Crippen LogP contribution in [0.1, 0.15) is 23.0 Å². The van der Waals surface area contributed by atoms with E-state index in [-0.39, 0.29) is 17.5 Å². The molecule has 0 aliphatic rings. The molecule has 0 fully saturated rings.